The number of para-hydroxylation sites is 1. The van der Waals surface area contributed by atoms with E-state index in [1.54, 1.807) is 31.4 Å². The van der Waals surface area contributed by atoms with Crippen LogP contribution in [0.2, 0.25) is 0 Å². The SMILES string of the molecule is CN=C(NCc1ncc(C(C)(C)C)o1)N(C)CCOc1ccccc1F. The molecule has 0 bridgehead atoms. The molecule has 1 heterocycles. The standard InChI is InChI=1S/C19H27FN4O2/c1-19(2,3)16-12-22-17(26-16)13-23-18(21-4)24(5)10-11-25-15-9-7-6-8-14(15)20/h6-9,12H,10-11,13H2,1-5H3,(H,21,23). The average molecular weight is 362 g/mol. The Balaban J connectivity index is 1.82. The number of halogens is 1. The normalized spacial score (nSPS) is 12.2. The number of hydrogen-bond acceptors (Lipinski definition) is 4. The monoisotopic (exact) mass is 362 g/mol. The number of likely N-dealkylation sites (N-methyl/N-ethyl adjacent to an activating group) is 1. The fourth-order valence-corrected chi connectivity index (χ4v) is 2.24. The lowest BCUT2D eigenvalue weighted by Gasteiger charge is -2.21. The molecule has 0 aliphatic rings. The third kappa shape index (κ3) is 5.47. The molecule has 142 valence electrons. The molecule has 0 spiro atoms. The summed E-state index contributed by atoms with van der Waals surface area (Å²) in [4.78, 5) is 10.4. The number of hydrogen-bond donors (Lipinski definition) is 1. The fraction of sp³-hybridized carbons (Fsp3) is 0.474. The first-order valence-corrected chi connectivity index (χ1v) is 8.55. The first kappa shape index (κ1) is 19.8. The van der Waals surface area contributed by atoms with Crippen molar-refractivity contribution in [3.63, 3.8) is 0 Å². The number of nitrogens with one attached hydrogen (secondary N) is 1. The van der Waals surface area contributed by atoms with Crippen LogP contribution in [0.3, 0.4) is 0 Å². The highest BCUT2D eigenvalue weighted by molar-refractivity contribution is 5.79. The minimum absolute atomic E-state index is 0.0756. The zero-order chi connectivity index (χ0) is 19.2. The third-order valence-electron chi connectivity index (χ3n) is 3.78. The van der Waals surface area contributed by atoms with Gasteiger partial charge in [-0.1, -0.05) is 32.9 Å². The predicted molar refractivity (Wildman–Crippen MR) is 99.9 cm³/mol. The van der Waals surface area contributed by atoms with E-state index in [1.807, 2.05) is 11.9 Å². The molecule has 6 nitrogen and oxygen atoms in total. The molecule has 0 saturated carbocycles. The summed E-state index contributed by atoms with van der Waals surface area (Å²) in [6.07, 6.45) is 1.76. The Kier molecular flexibility index (Phi) is 6.60. The predicted octanol–water partition coefficient (Wildman–Crippen LogP) is 3.20. The molecule has 26 heavy (non-hydrogen) atoms. The first-order valence-electron chi connectivity index (χ1n) is 8.55. The highest BCUT2D eigenvalue weighted by Gasteiger charge is 2.19. The Hall–Kier alpha value is -2.57. The first-order chi connectivity index (χ1) is 12.3. The molecule has 0 saturated heterocycles. The number of aromatic nitrogens is 1. The van der Waals surface area contributed by atoms with Crippen LogP contribution in [0.5, 0.6) is 5.75 Å². The van der Waals surface area contributed by atoms with Gasteiger partial charge in [0, 0.05) is 19.5 Å². The molecule has 1 N–H and O–H groups in total. The van der Waals surface area contributed by atoms with Crippen molar-refractivity contribution in [3.05, 3.63) is 47.9 Å². The van der Waals surface area contributed by atoms with Crippen LogP contribution < -0.4 is 10.1 Å². The summed E-state index contributed by atoms with van der Waals surface area (Å²) in [5.41, 5.74) is -0.0756. The van der Waals surface area contributed by atoms with Gasteiger partial charge in [0.2, 0.25) is 5.89 Å². The molecule has 7 heteroatoms. The summed E-state index contributed by atoms with van der Waals surface area (Å²) >= 11 is 0. The molecule has 2 rings (SSSR count). The Morgan fingerprint density at radius 3 is 2.69 bits per heavy atom. The maximum Gasteiger partial charge on any atom is 0.213 e. The van der Waals surface area contributed by atoms with Crippen molar-refractivity contribution in [1.29, 1.82) is 0 Å². The molecule has 0 radical (unpaired) electrons. The van der Waals surface area contributed by atoms with E-state index in [4.69, 9.17) is 9.15 Å². The molecule has 2 aromatic rings. The van der Waals surface area contributed by atoms with Crippen LogP contribution in [0.4, 0.5) is 4.39 Å². The second-order valence-electron chi connectivity index (χ2n) is 6.97. The molecule has 0 fully saturated rings. The molecule has 0 unspecified atom stereocenters. The molecule has 1 aromatic heterocycles. The lowest BCUT2D eigenvalue weighted by atomic mass is 9.94. The van der Waals surface area contributed by atoms with Crippen LogP contribution in [0, 0.1) is 5.82 Å². The summed E-state index contributed by atoms with van der Waals surface area (Å²) in [6.45, 7) is 7.55. The molecule has 0 aliphatic heterocycles. The van der Waals surface area contributed by atoms with E-state index in [0.29, 0.717) is 31.5 Å². The number of nitrogens with zero attached hydrogens (tertiary/aromatic N) is 3. The third-order valence-corrected chi connectivity index (χ3v) is 3.78. The van der Waals surface area contributed by atoms with Gasteiger partial charge in [-0.2, -0.15) is 0 Å². The van der Waals surface area contributed by atoms with Crippen molar-refractivity contribution in [2.45, 2.75) is 32.7 Å². The van der Waals surface area contributed by atoms with Gasteiger partial charge in [-0.05, 0) is 12.1 Å². The maximum absolute atomic E-state index is 13.5. The zero-order valence-corrected chi connectivity index (χ0v) is 16.0. The summed E-state index contributed by atoms with van der Waals surface area (Å²) in [7, 11) is 3.59. The molecule has 1 aromatic carbocycles. The largest absolute Gasteiger partial charge is 0.489 e. The van der Waals surface area contributed by atoms with Gasteiger partial charge in [0.15, 0.2) is 17.5 Å². The maximum atomic E-state index is 13.5. The number of oxazole rings is 1. The van der Waals surface area contributed by atoms with Gasteiger partial charge in [0.05, 0.1) is 19.3 Å². The summed E-state index contributed by atoms with van der Waals surface area (Å²) in [5, 5.41) is 3.20. The van der Waals surface area contributed by atoms with Crippen LogP contribution in [0.1, 0.15) is 32.4 Å². The summed E-state index contributed by atoms with van der Waals surface area (Å²) < 4.78 is 24.8. The Bertz CT molecular complexity index is 737. The fourth-order valence-electron chi connectivity index (χ4n) is 2.24. The van der Waals surface area contributed by atoms with E-state index < -0.39 is 0 Å². The number of ether oxygens (including phenoxy) is 1. The van der Waals surface area contributed by atoms with Crippen LogP contribution in [0.25, 0.3) is 0 Å². The Morgan fingerprint density at radius 2 is 2.08 bits per heavy atom. The summed E-state index contributed by atoms with van der Waals surface area (Å²) in [5.74, 6) is 2.01. The smallest absolute Gasteiger partial charge is 0.213 e. The topological polar surface area (TPSA) is 62.9 Å². The highest BCUT2D eigenvalue weighted by atomic mass is 19.1. The lowest BCUT2D eigenvalue weighted by molar-refractivity contribution is 0.269. The molecular formula is C19H27FN4O2. The van der Waals surface area contributed by atoms with Crippen LogP contribution in [-0.2, 0) is 12.0 Å². The zero-order valence-electron chi connectivity index (χ0n) is 16.0. The molecule has 0 atom stereocenters. The van der Waals surface area contributed by atoms with Crippen molar-refractivity contribution in [2.75, 3.05) is 27.2 Å². The quantitative estimate of drug-likeness (QED) is 0.632. The van der Waals surface area contributed by atoms with Crippen molar-refractivity contribution in [1.82, 2.24) is 15.2 Å². The van der Waals surface area contributed by atoms with E-state index in [9.17, 15) is 4.39 Å². The Morgan fingerprint density at radius 1 is 1.35 bits per heavy atom. The van der Waals surface area contributed by atoms with Gasteiger partial charge >= 0.3 is 0 Å². The van der Waals surface area contributed by atoms with Gasteiger partial charge in [-0.15, -0.1) is 0 Å². The van der Waals surface area contributed by atoms with E-state index in [0.717, 1.165) is 5.76 Å². The highest BCUT2D eigenvalue weighted by Crippen LogP contribution is 2.22. The van der Waals surface area contributed by atoms with Crippen molar-refractivity contribution in [3.8, 4) is 5.75 Å². The Labute approximate surface area is 154 Å². The number of rotatable bonds is 6. The van der Waals surface area contributed by atoms with Gasteiger partial charge in [0.25, 0.3) is 0 Å². The average Bonchev–Trinajstić information content (AvgIpc) is 3.06. The van der Waals surface area contributed by atoms with Crippen LogP contribution in [-0.4, -0.2) is 43.1 Å². The van der Waals surface area contributed by atoms with E-state index in [-0.39, 0.29) is 17.0 Å². The van der Waals surface area contributed by atoms with E-state index in [1.165, 1.54) is 6.07 Å². The number of guanidine groups is 1. The second-order valence-corrected chi connectivity index (χ2v) is 6.97. The van der Waals surface area contributed by atoms with E-state index in [2.05, 4.69) is 36.1 Å². The van der Waals surface area contributed by atoms with Gasteiger partial charge in [-0.3, -0.25) is 4.99 Å². The van der Waals surface area contributed by atoms with Crippen LogP contribution in [0.15, 0.2) is 39.9 Å². The van der Waals surface area contributed by atoms with E-state index >= 15 is 0 Å². The van der Waals surface area contributed by atoms with Gasteiger partial charge < -0.3 is 19.4 Å². The van der Waals surface area contributed by atoms with Crippen molar-refractivity contribution in [2.24, 2.45) is 4.99 Å². The van der Waals surface area contributed by atoms with Gasteiger partial charge in [0.1, 0.15) is 12.4 Å². The van der Waals surface area contributed by atoms with Gasteiger partial charge in [-0.25, -0.2) is 9.37 Å². The second kappa shape index (κ2) is 8.69. The summed E-state index contributed by atoms with van der Waals surface area (Å²) in [6, 6.07) is 6.36. The minimum Gasteiger partial charge on any atom is -0.489 e. The number of aliphatic imine (C=N–C) groups is 1. The lowest BCUT2D eigenvalue weighted by Crippen LogP contribution is -2.40. The molecular weight excluding hydrogens is 335 g/mol. The minimum atomic E-state index is -0.365. The number of benzene rings is 1. The molecule has 0 aliphatic carbocycles. The van der Waals surface area contributed by atoms with Crippen molar-refractivity contribution < 1.29 is 13.5 Å². The van der Waals surface area contributed by atoms with Crippen molar-refractivity contribution >= 4 is 5.96 Å². The van der Waals surface area contributed by atoms with Crippen LogP contribution >= 0.6 is 0 Å². The molecule has 0 amide bonds.